The number of nitrogens with zero attached hydrogens (tertiary/aromatic N) is 1. The fourth-order valence-corrected chi connectivity index (χ4v) is 4.58. The summed E-state index contributed by atoms with van der Waals surface area (Å²) in [6, 6.07) is -0.225. The van der Waals surface area contributed by atoms with Gasteiger partial charge in [0.2, 0.25) is 5.91 Å². The molecule has 1 N–H and O–H groups in total. The molecule has 0 bridgehead atoms. The Morgan fingerprint density at radius 2 is 1.91 bits per heavy atom. The zero-order valence-electron chi connectivity index (χ0n) is 14.3. The molecule has 4 unspecified atom stereocenters. The van der Waals surface area contributed by atoms with Crippen molar-refractivity contribution >= 4 is 5.91 Å². The molecular formula is C18H31FN2O2. The van der Waals surface area contributed by atoms with Crippen LogP contribution in [0.4, 0.5) is 4.39 Å². The maximum absolute atomic E-state index is 13.5. The monoisotopic (exact) mass is 326 g/mol. The first-order valence-corrected chi connectivity index (χ1v) is 9.43. The van der Waals surface area contributed by atoms with E-state index in [1.54, 1.807) is 4.90 Å². The molecule has 0 radical (unpaired) electrons. The van der Waals surface area contributed by atoms with Crippen molar-refractivity contribution in [2.75, 3.05) is 13.6 Å². The lowest BCUT2D eigenvalue weighted by Gasteiger charge is -2.30. The molecule has 5 heteroatoms. The van der Waals surface area contributed by atoms with Crippen molar-refractivity contribution in [1.82, 2.24) is 10.4 Å². The molecule has 3 aliphatic rings. The van der Waals surface area contributed by atoms with Crippen LogP contribution in [-0.2, 0) is 9.63 Å². The van der Waals surface area contributed by atoms with Gasteiger partial charge in [0, 0.05) is 20.0 Å². The third-order valence-corrected chi connectivity index (χ3v) is 5.93. The predicted octanol–water partition coefficient (Wildman–Crippen LogP) is 3.22. The van der Waals surface area contributed by atoms with Gasteiger partial charge in [-0.15, -0.1) is 0 Å². The van der Waals surface area contributed by atoms with Gasteiger partial charge in [-0.05, 0) is 43.9 Å². The molecule has 1 saturated heterocycles. The number of carbonyl (C=O) groups excluding carboxylic acids is 1. The first kappa shape index (κ1) is 17.2. The van der Waals surface area contributed by atoms with Gasteiger partial charge >= 0.3 is 0 Å². The number of alkyl halides is 1. The topological polar surface area (TPSA) is 41.6 Å². The van der Waals surface area contributed by atoms with Gasteiger partial charge in [-0.25, -0.2) is 4.39 Å². The standard InChI is InChI=1S/C18H31FN2O2/c1-21(12-13-6-5-9-15(19)10-13)18(22)16-11-17(23-20-16)14-7-3-2-4-8-14/h13-17,20H,2-12H2,1H3. The molecule has 0 aromatic carbocycles. The van der Waals surface area contributed by atoms with Crippen LogP contribution in [-0.4, -0.2) is 42.7 Å². The minimum atomic E-state index is -0.680. The quantitative estimate of drug-likeness (QED) is 0.862. The summed E-state index contributed by atoms with van der Waals surface area (Å²) >= 11 is 0. The SMILES string of the molecule is CN(CC1CCCC(F)C1)C(=O)C1CC(C2CCCCC2)ON1. The molecule has 0 aromatic rings. The molecule has 4 nitrogen and oxygen atoms in total. The molecule has 0 spiro atoms. The number of amides is 1. The van der Waals surface area contributed by atoms with Gasteiger partial charge in [0.25, 0.3) is 0 Å². The highest BCUT2D eigenvalue weighted by molar-refractivity contribution is 5.81. The van der Waals surface area contributed by atoms with Gasteiger partial charge in [0.05, 0.1) is 6.10 Å². The Morgan fingerprint density at radius 3 is 2.65 bits per heavy atom. The summed E-state index contributed by atoms with van der Waals surface area (Å²) < 4.78 is 13.5. The van der Waals surface area contributed by atoms with Gasteiger partial charge < -0.3 is 4.90 Å². The van der Waals surface area contributed by atoms with Gasteiger partial charge in [-0.1, -0.05) is 25.7 Å². The van der Waals surface area contributed by atoms with Crippen LogP contribution in [0.15, 0.2) is 0 Å². The molecule has 4 atom stereocenters. The maximum Gasteiger partial charge on any atom is 0.241 e. The number of nitrogens with one attached hydrogen (secondary N) is 1. The lowest BCUT2D eigenvalue weighted by molar-refractivity contribution is -0.134. The van der Waals surface area contributed by atoms with E-state index < -0.39 is 6.17 Å². The highest BCUT2D eigenvalue weighted by atomic mass is 19.1. The molecule has 23 heavy (non-hydrogen) atoms. The lowest BCUT2D eigenvalue weighted by atomic mass is 9.83. The van der Waals surface area contributed by atoms with Crippen LogP contribution in [0.25, 0.3) is 0 Å². The van der Waals surface area contributed by atoms with E-state index in [4.69, 9.17) is 4.84 Å². The first-order valence-electron chi connectivity index (χ1n) is 9.43. The van der Waals surface area contributed by atoms with Crippen molar-refractivity contribution in [3.63, 3.8) is 0 Å². The zero-order chi connectivity index (χ0) is 16.2. The molecule has 132 valence electrons. The molecule has 1 heterocycles. The Kier molecular flexibility index (Phi) is 5.91. The fourth-order valence-electron chi connectivity index (χ4n) is 4.58. The largest absolute Gasteiger partial charge is 0.344 e. The van der Waals surface area contributed by atoms with Crippen LogP contribution >= 0.6 is 0 Å². The van der Waals surface area contributed by atoms with Crippen molar-refractivity contribution in [2.24, 2.45) is 11.8 Å². The van der Waals surface area contributed by atoms with E-state index in [1.807, 2.05) is 7.05 Å². The first-order chi connectivity index (χ1) is 11.1. The van der Waals surface area contributed by atoms with E-state index in [0.29, 0.717) is 31.2 Å². The van der Waals surface area contributed by atoms with Crippen LogP contribution in [0.2, 0.25) is 0 Å². The number of hydrogen-bond acceptors (Lipinski definition) is 3. The Hall–Kier alpha value is -0.680. The van der Waals surface area contributed by atoms with Gasteiger partial charge in [-0.2, -0.15) is 5.48 Å². The van der Waals surface area contributed by atoms with E-state index in [9.17, 15) is 9.18 Å². The van der Waals surface area contributed by atoms with Crippen LogP contribution in [0, 0.1) is 11.8 Å². The number of halogens is 1. The Labute approximate surface area is 139 Å². The minimum Gasteiger partial charge on any atom is -0.344 e. The van der Waals surface area contributed by atoms with Gasteiger partial charge in [-0.3, -0.25) is 9.63 Å². The maximum atomic E-state index is 13.5. The molecular weight excluding hydrogens is 295 g/mol. The molecule has 2 aliphatic carbocycles. The summed E-state index contributed by atoms with van der Waals surface area (Å²) in [5.41, 5.74) is 2.97. The van der Waals surface area contributed by atoms with Crippen LogP contribution < -0.4 is 5.48 Å². The van der Waals surface area contributed by atoms with Crippen LogP contribution in [0.5, 0.6) is 0 Å². The van der Waals surface area contributed by atoms with E-state index in [-0.39, 0.29) is 18.1 Å². The van der Waals surface area contributed by atoms with E-state index >= 15 is 0 Å². The van der Waals surface area contributed by atoms with Crippen molar-refractivity contribution in [3.8, 4) is 0 Å². The van der Waals surface area contributed by atoms with Crippen molar-refractivity contribution < 1.29 is 14.0 Å². The molecule has 3 rings (SSSR count). The molecule has 2 saturated carbocycles. The second-order valence-corrected chi connectivity index (χ2v) is 7.81. The normalized spacial score (nSPS) is 36.1. The second kappa shape index (κ2) is 7.93. The zero-order valence-corrected chi connectivity index (χ0v) is 14.3. The number of likely N-dealkylation sites (N-methyl/N-ethyl adjacent to an activating group) is 1. The highest BCUT2D eigenvalue weighted by Gasteiger charge is 2.37. The summed E-state index contributed by atoms with van der Waals surface area (Å²) in [4.78, 5) is 20.1. The van der Waals surface area contributed by atoms with Crippen molar-refractivity contribution in [1.29, 1.82) is 0 Å². The minimum absolute atomic E-state index is 0.101. The number of hydrogen-bond donors (Lipinski definition) is 1. The number of carbonyl (C=O) groups is 1. The smallest absolute Gasteiger partial charge is 0.241 e. The summed E-state index contributed by atoms with van der Waals surface area (Å²) in [7, 11) is 1.85. The lowest BCUT2D eigenvalue weighted by Crippen LogP contribution is -2.43. The van der Waals surface area contributed by atoms with E-state index in [2.05, 4.69) is 5.48 Å². The predicted molar refractivity (Wildman–Crippen MR) is 87.5 cm³/mol. The van der Waals surface area contributed by atoms with Crippen LogP contribution in [0.3, 0.4) is 0 Å². The van der Waals surface area contributed by atoms with E-state index in [1.165, 1.54) is 32.1 Å². The summed E-state index contributed by atoms with van der Waals surface area (Å²) in [6.45, 7) is 0.672. The van der Waals surface area contributed by atoms with Crippen LogP contribution in [0.1, 0.15) is 64.2 Å². The van der Waals surface area contributed by atoms with E-state index in [0.717, 1.165) is 19.3 Å². The highest BCUT2D eigenvalue weighted by Crippen LogP contribution is 2.32. The third-order valence-electron chi connectivity index (χ3n) is 5.93. The average Bonchev–Trinajstić information content (AvgIpc) is 3.05. The Morgan fingerprint density at radius 1 is 1.13 bits per heavy atom. The summed E-state index contributed by atoms with van der Waals surface area (Å²) in [5.74, 6) is 1.01. The number of hydroxylamine groups is 1. The molecule has 1 amide bonds. The van der Waals surface area contributed by atoms with Crippen molar-refractivity contribution in [2.45, 2.75) is 82.5 Å². The Balaban J connectivity index is 1.46. The fraction of sp³-hybridized carbons (Fsp3) is 0.944. The summed E-state index contributed by atoms with van der Waals surface area (Å²) in [6.07, 6.45) is 9.93. The average molecular weight is 326 g/mol. The molecule has 3 fully saturated rings. The molecule has 0 aromatic heterocycles. The van der Waals surface area contributed by atoms with Crippen molar-refractivity contribution in [3.05, 3.63) is 0 Å². The summed E-state index contributed by atoms with van der Waals surface area (Å²) in [5, 5.41) is 0. The number of rotatable bonds is 4. The third kappa shape index (κ3) is 4.44. The molecule has 1 aliphatic heterocycles. The van der Waals surface area contributed by atoms with Gasteiger partial charge in [0.1, 0.15) is 12.2 Å². The van der Waals surface area contributed by atoms with Gasteiger partial charge in [0.15, 0.2) is 0 Å². The second-order valence-electron chi connectivity index (χ2n) is 7.81. The Bertz CT molecular complexity index is 400.